The summed E-state index contributed by atoms with van der Waals surface area (Å²) in [5, 5.41) is 43.0. The molecule has 0 unspecified atom stereocenters. The zero-order valence-electron chi connectivity index (χ0n) is 33.6. The number of likely N-dealkylation sites (tertiary alicyclic amines) is 3. The summed E-state index contributed by atoms with van der Waals surface area (Å²) >= 11 is 0. The van der Waals surface area contributed by atoms with E-state index in [-0.39, 0.29) is 30.8 Å². The Kier molecular flexibility index (Phi) is 10.7. The summed E-state index contributed by atoms with van der Waals surface area (Å²) < 4.78 is 0. The summed E-state index contributed by atoms with van der Waals surface area (Å²) in [4.78, 5) is 59.8. The molecule has 4 aliphatic rings. The molecule has 0 aliphatic carbocycles. The Hall–Kier alpha value is -5.35. The Morgan fingerprint density at radius 1 is 0.966 bits per heavy atom. The summed E-state index contributed by atoms with van der Waals surface area (Å²) in [5.74, 6) is -0.408. The van der Waals surface area contributed by atoms with E-state index in [1.54, 1.807) is 17.0 Å². The summed E-state index contributed by atoms with van der Waals surface area (Å²) in [5.41, 5.74) is 4.77. The van der Waals surface area contributed by atoms with Crippen molar-refractivity contribution in [3.05, 3.63) is 59.5 Å². The third-order valence-electron chi connectivity index (χ3n) is 12.8. The highest BCUT2D eigenvalue weighted by Gasteiger charge is 2.45. The van der Waals surface area contributed by atoms with Crippen LogP contribution in [-0.4, -0.2) is 137 Å². The number of aliphatic hydroxyl groups is 1. The first-order valence-electron chi connectivity index (χ1n) is 20.5. The number of aliphatic hydroxyl groups excluding tert-OH is 1. The van der Waals surface area contributed by atoms with Gasteiger partial charge in [0.25, 0.3) is 0 Å². The second-order valence-electron chi connectivity index (χ2n) is 17.5. The Bertz CT molecular complexity index is 2160. The maximum atomic E-state index is 13.6. The van der Waals surface area contributed by atoms with Crippen LogP contribution < -0.4 is 10.2 Å². The van der Waals surface area contributed by atoms with Crippen LogP contribution in [0, 0.1) is 5.41 Å². The highest BCUT2D eigenvalue weighted by molar-refractivity contribution is 5.91. The molecule has 4 atom stereocenters. The second-order valence-corrected chi connectivity index (χ2v) is 17.5. The Morgan fingerprint density at radius 3 is 2.34 bits per heavy atom. The van der Waals surface area contributed by atoms with Crippen molar-refractivity contribution in [1.82, 2.24) is 45.2 Å². The number of rotatable bonds is 7. The molecular formula is C42H54N10O6. The number of aliphatic carboxylic acids is 1. The van der Waals surface area contributed by atoms with Crippen molar-refractivity contribution < 1.29 is 29.7 Å². The van der Waals surface area contributed by atoms with Crippen LogP contribution in [0.25, 0.3) is 22.3 Å². The number of carboxylic acids is 1. The zero-order valence-corrected chi connectivity index (χ0v) is 33.6. The minimum atomic E-state index is -1.16. The third kappa shape index (κ3) is 7.66. The van der Waals surface area contributed by atoms with Gasteiger partial charge in [-0.2, -0.15) is 0 Å². The van der Waals surface area contributed by atoms with E-state index in [0.29, 0.717) is 42.3 Å². The van der Waals surface area contributed by atoms with E-state index >= 15 is 0 Å². The van der Waals surface area contributed by atoms with Gasteiger partial charge in [0, 0.05) is 79.7 Å². The smallest absolute Gasteiger partial charge is 0.326 e. The molecule has 0 radical (unpaired) electrons. The molecule has 58 heavy (non-hydrogen) atoms. The minimum Gasteiger partial charge on any atom is -0.507 e. The van der Waals surface area contributed by atoms with Crippen LogP contribution in [0.3, 0.4) is 0 Å². The lowest BCUT2D eigenvalue weighted by Gasteiger charge is -2.42. The molecule has 8 rings (SSSR count). The van der Waals surface area contributed by atoms with Crippen LogP contribution >= 0.6 is 0 Å². The molecule has 0 spiro atoms. The molecule has 7 heterocycles. The number of H-pyrrole nitrogens is 1. The van der Waals surface area contributed by atoms with Gasteiger partial charge in [-0.15, -0.1) is 10.2 Å². The predicted molar refractivity (Wildman–Crippen MR) is 216 cm³/mol. The molecule has 308 valence electrons. The van der Waals surface area contributed by atoms with E-state index in [2.05, 4.69) is 37.2 Å². The number of carboxylic acid groups (broad SMARTS) is 1. The number of nitrogens with one attached hydrogen (secondary N) is 2. The minimum absolute atomic E-state index is 0.00408. The second kappa shape index (κ2) is 15.8. The molecule has 3 fully saturated rings. The lowest BCUT2D eigenvalue weighted by Crippen LogP contribution is -2.60. The fourth-order valence-corrected chi connectivity index (χ4v) is 9.46. The standard InChI is InChI=1S/C42H54N10O6/c1-24-35-30-20-32(29-7-5-6-8-34(29)54)47-48-37(30)45-31(35)13-18-51(24)40-43-21-26(22-44-40)25-9-14-49(15-10-25)27-11-16-50(17-12-27)41(58)46-36(42(2,3)4)38(55)52-23-28(53)19-33(52)39(56)57/h5-8,20-22,24-25,27-28,33,36,53-54H,9-19,23H2,1-4H3,(H,45,48)(H,46,58)(H,56,57)/t24-,28-,33+,36-/m1/s1. The highest BCUT2D eigenvalue weighted by Crippen LogP contribution is 2.39. The average Bonchev–Trinajstić information content (AvgIpc) is 3.80. The number of anilines is 1. The van der Waals surface area contributed by atoms with E-state index in [9.17, 15) is 29.7 Å². The first-order valence-corrected chi connectivity index (χ1v) is 20.5. The lowest BCUT2D eigenvalue weighted by molar-refractivity contribution is -0.150. The van der Waals surface area contributed by atoms with Crippen molar-refractivity contribution in [2.24, 2.45) is 5.41 Å². The van der Waals surface area contributed by atoms with Gasteiger partial charge in [0.15, 0.2) is 5.65 Å². The monoisotopic (exact) mass is 794 g/mol. The molecule has 0 bridgehead atoms. The fourth-order valence-electron chi connectivity index (χ4n) is 9.46. The maximum absolute atomic E-state index is 13.6. The molecule has 3 aromatic heterocycles. The van der Waals surface area contributed by atoms with Gasteiger partial charge in [-0.25, -0.2) is 19.6 Å². The molecular weight excluding hydrogens is 741 g/mol. The number of amides is 3. The number of hydrogen-bond acceptors (Lipinski definition) is 11. The molecule has 3 amide bonds. The largest absolute Gasteiger partial charge is 0.507 e. The maximum Gasteiger partial charge on any atom is 0.326 e. The van der Waals surface area contributed by atoms with Crippen LogP contribution in [0.4, 0.5) is 10.7 Å². The van der Waals surface area contributed by atoms with E-state index < -0.39 is 35.5 Å². The number of carbonyl (C=O) groups excluding carboxylic acids is 2. The average molecular weight is 795 g/mol. The van der Waals surface area contributed by atoms with E-state index in [1.165, 1.54) is 4.90 Å². The van der Waals surface area contributed by atoms with Crippen molar-refractivity contribution in [2.75, 3.05) is 44.2 Å². The molecule has 16 nitrogen and oxygen atoms in total. The topological polar surface area (TPSA) is 204 Å². The summed E-state index contributed by atoms with van der Waals surface area (Å²) in [6.45, 7) is 11.4. The van der Waals surface area contributed by atoms with Gasteiger partial charge in [0.2, 0.25) is 11.9 Å². The summed E-state index contributed by atoms with van der Waals surface area (Å²) in [6.07, 6.45) is 7.51. The van der Waals surface area contributed by atoms with Gasteiger partial charge in [-0.1, -0.05) is 32.9 Å². The number of aromatic nitrogens is 5. The number of piperidine rings is 2. The van der Waals surface area contributed by atoms with Gasteiger partial charge >= 0.3 is 12.0 Å². The highest BCUT2D eigenvalue weighted by atomic mass is 16.4. The Morgan fingerprint density at radius 2 is 1.67 bits per heavy atom. The first-order chi connectivity index (χ1) is 27.8. The number of phenolic OH excluding ortho intramolecular Hbond substituents is 1. The normalized spacial score (nSPS) is 22.9. The number of hydrogen-bond donors (Lipinski definition) is 5. The van der Waals surface area contributed by atoms with Crippen molar-refractivity contribution in [3.63, 3.8) is 0 Å². The molecule has 3 saturated heterocycles. The number of aromatic amines is 1. The van der Waals surface area contributed by atoms with Crippen LogP contribution in [-0.2, 0) is 16.0 Å². The molecule has 4 aliphatic heterocycles. The van der Waals surface area contributed by atoms with Crippen molar-refractivity contribution in [1.29, 1.82) is 0 Å². The van der Waals surface area contributed by atoms with Crippen LogP contribution in [0.5, 0.6) is 5.75 Å². The van der Waals surface area contributed by atoms with E-state index in [0.717, 1.165) is 79.6 Å². The Balaban J connectivity index is 0.843. The van der Waals surface area contributed by atoms with E-state index in [4.69, 9.17) is 9.97 Å². The van der Waals surface area contributed by atoms with Crippen molar-refractivity contribution in [2.45, 2.75) is 102 Å². The number of fused-ring (bicyclic) bond motifs is 3. The lowest BCUT2D eigenvalue weighted by atomic mass is 9.85. The first kappa shape index (κ1) is 39.5. The number of carbonyl (C=O) groups is 3. The van der Waals surface area contributed by atoms with E-state index in [1.807, 2.05) is 51.4 Å². The predicted octanol–water partition coefficient (Wildman–Crippen LogP) is 4.06. The van der Waals surface area contributed by atoms with Crippen LogP contribution in [0.1, 0.15) is 88.6 Å². The fraction of sp³-hybridized carbons (Fsp3) is 0.548. The van der Waals surface area contributed by atoms with Crippen molar-refractivity contribution in [3.8, 4) is 17.0 Å². The number of phenols is 1. The quantitative estimate of drug-likeness (QED) is 0.180. The summed E-state index contributed by atoms with van der Waals surface area (Å²) in [6, 6.07) is 7.15. The van der Waals surface area contributed by atoms with Gasteiger partial charge in [-0.3, -0.25) is 4.79 Å². The van der Waals surface area contributed by atoms with Gasteiger partial charge in [0.1, 0.15) is 17.8 Å². The zero-order chi connectivity index (χ0) is 40.9. The number of urea groups is 1. The molecule has 5 N–H and O–H groups in total. The number of aromatic hydroxyl groups is 1. The molecule has 16 heteroatoms. The van der Waals surface area contributed by atoms with Crippen LogP contribution in [0.15, 0.2) is 42.7 Å². The van der Waals surface area contributed by atoms with Gasteiger partial charge < -0.3 is 45.2 Å². The third-order valence-corrected chi connectivity index (χ3v) is 12.8. The number of nitrogens with zero attached hydrogens (tertiary/aromatic N) is 8. The van der Waals surface area contributed by atoms with Crippen LogP contribution in [0.2, 0.25) is 0 Å². The number of β-amino-alcohol motifs (C(OH)–C–C–N with tert-alkyl or cyclic N) is 1. The van der Waals surface area contributed by atoms with Crippen molar-refractivity contribution >= 4 is 34.9 Å². The number of benzene rings is 1. The van der Waals surface area contributed by atoms with Gasteiger partial charge in [-0.05, 0) is 80.8 Å². The Labute approximate surface area is 337 Å². The number of para-hydroxylation sites is 1. The van der Waals surface area contributed by atoms with Gasteiger partial charge in [0.05, 0.1) is 17.8 Å². The molecule has 0 saturated carbocycles. The molecule has 4 aromatic rings. The summed E-state index contributed by atoms with van der Waals surface area (Å²) in [7, 11) is 0. The SMILES string of the molecule is C[C@@H]1c2c([nH]c3nnc(-c4ccccc4O)cc23)CCN1c1ncc(C2CCN(C3CCN(C(=O)N[C@H](C(=O)N4C[C@H](O)C[C@H]4C(=O)O)C(C)(C)C)CC3)CC2)cn1. The molecule has 1 aromatic carbocycles.